The summed E-state index contributed by atoms with van der Waals surface area (Å²) in [6, 6.07) is 5.64. The fourth-order valence-corrected chi connectivity index (χ4v) is 1.09. The van der Waals surface area contributed by atoms with E-state index in [2.05, 4.69) is 0 Å². The quantitative estimate of drug-likeness (QED) is 0.700. The Kier molecular flexibility index (Phi) is 2.96. The van der Waals surface area contributed by atoms with Gasteiger partial charge in [-0.05, 0) is 11.6 Å². The van der Waals surface area contributed by atoms with Crippen LogP contribution in [0.5, 0.6) is 0 Å². The molecule has 0 aliphatic rings. The zero-order chi connectivity index (χ0) is 9.84. The molecule has 68 valence electrons. The predicted molar refractivity (Wildman–Crippen MR) is 47.1 cm³/mol. The largest absolute Gasteiger partial charge is 0.329 e. The van der Waals surface area contributed by atoms with E-state index in [0.717, 1.165) is 0 Å². The van der Waals surface area contributed by atoms with Gasteiger partial charge in [-0.15, -0.1) is 0 Å². The first kappa shape index (κ1) is 9.65. The summed E-state index contributed by atoms with van der Waals surface area (Å²) < 4.78 is 13.0. The van der Waals surface area contributed by atoms with E-state index in [9.17, 15) is 4.39 Å². The summed E-state index contributed by atoms with van der Waals surface area (Å²) in [4.78, 5) is 0. The summed E-state index contributed by atoms with van der Waals surface area (Å²) in [5.74, 6) is -0.552. The summed E-state index contributed by atoms with van der Waals surface area (Å²) in [5, 5.41) is 8.66. The molecule has 0 saturated carbocycles. The molecule has 0 radical (unpaired) electrons. The molecule has 0 saturated heterocycles. The maximum atomic E-state index is 13.0. The van der Waals surface area contributed by atoms with Crippen molar-refractivity contribution in [1.29, 1.82) is 5.26 Å². The van der Waals surface area contributed by atoms with Gasteiger partial charge in [-0.1, -0.05) is 12.1 Å². The highest BCUT2D eigenvalue weighted by Crippen LogP contribution is 2.17. The van der Waals surface area contributed by atoms with Crippen molar-refractivity contribution in [2.45, 2.75) is 6.04 Å². The molecule has 1 atom stereocenters. The molecule has 0 unspecified atom stereocenters. The van der Waals surface area contributed by atoms with Crippen LogP contribution >= 0.6 is 0 Å². The lowest BCUT2D eigenvalue weighted by Crippen LogP contribution is -2.22. The highest BCUT2D eigenvalue weighted by Gasteiger charge is 2.12. The van der Waals surface area contributed by atoms with Crippen LogP contribution in [0.4, 0.5) is 4.39 Å². The molecule has 0 spiro atoms. The van der Waals surface area contributed by atoms with Gasteiger partial charge in [0.2, 0.25) is 0 Å². The van der Waals surface area contributed by atoms with Gasteiger partial charge in [-0.2, -0.15) is 5.26 Å². The third-order valence-electron chi connectivity index (χ3n) is 1.81. The summed E-state index contributed by atoms with van der Waals surface area (Å²) in [6.45, 7) is 0.193. The molecular formula is C9H10FN3. The number of hydrogen-bond donors (Lipinski definition) is 2. The second-order valence-electron chi connectivity index (χ2n) is 2.66. The second-order valence-corrected chi connectivity index (χ2v) is 2.66. The average molecular weight is 179 g/mol. The zero-order valence-corrected chi connectivity index (χ0v) is 7.00. The van der Waals surface area contributed by atoms with E-state index < -0.39 is 11.9 Å². The minimum atomic E-state index is -0.552. The fraction of sp³-hybridized carbons (Fsp3) is 0.222. The minimum absolute atomic E-state index is 0.0135. The lowest BCUT2D eigenvalue weighted by molar-refractivity contribution is 0.615. The maximum Gasteiger partial charge on any atom is 0.141 e. The van der Waals surface area contributed by atoms with Gasteiger partial charge in [0.1, 0.15) is 11.9 Å². The summed E-state index contributed by atoms with van der Waals surface area (Å²) in [6.07, 6.45) is 0. The molecule has 0 fully saturated rings. The van der Waals surface area contributed by atoms with Crippen LogP contribution in [0.25, 0.3) is 0 Å². The SMILES string of the molecule is N#Cc1c(F)cccc1[C@H](N)CN. The van der Waals surface area contributed by atoms with Crippen molar-refractivity contribution in [3.8, 4) is 6.07 Å². The van der Waals surface area contributed by atoms with Crippen molar-refractivity contribution >= 4 is 0 Å². The molecular weight excluding hydrogens is 169 g/mol. The van der Waals surface area contributed by atoms with E-state index >= 15 is 0 Å². The van der Waals surface area contributed by atoms with Gasteiger partial charge in [0.05, 0.1) is 5.56 Å². The summed E-state index contributed by atoms with van der Waals surface area (Å²) in [5.41, 5.74) is 11.4. The van der Waals surface area contributed by atoms with Crippen molar-refractivity contribution in [1.82, 2.24) is 0 Å². The Morgan fingerprint density at radius 2 is 2.23 bits per heavy atom. The summed E-state index contributed by atoms with van der Waals surface area (Å²) >= 11 is 0. The van der Waals surface area contributed by atoms with Crippen LogP contribution in [-0.2, 0) is 0 Å². The first-order valence-electron chi connectivity index (χ1n) is 3.85. The average Bonchev–Trinajstić information content (AvgIpc) is 2.16. The monoisotopic (exact) mass is 179 g/mol. The Morgan fingerprint density at radius 3 is 2.77 bits per heavy atom. The molecule has 0 aliphatic heterocycles. The molecule has 0 aliphatic carbocycles. The molecule has 0 amide bonds. The van der Waals surface area contributed by atoms with Gasteiger partial charge in [-0.3, -0.25) is 0 Å². The van der Waals surface area contributed by atoms with Crippen molar-refractivity contribution in [2.24, 2.45) is 11.5 Å². The number of benzene rings is 1. The molecule has 1 rings (SSSR count). The van der Waals surface area contributed by atoms with E-state index in [-0.39, 0.29) is 12.1 Å². The Balaban J connectivity index is 3.22. The lowest BCUT2D eigenvalue weighted by Gasteiger charge is -2.10. The van der Waals surface area contributed by atoms with Gasteiger partial charge in [0, 0.05) is 12.6 Å². The Morgan fingerprint density at radius 1 is 1.54 bits per heavy atom. The van der Waals surface area contributed by atoms with Crippen LogP contribution in [0.1, 0.15) is 17.2 Å². The molecule has 4 N–H and O–H groups in total. The number of nitrogens with zero attached hydrogens (tertiary/aromatic N) is 1. The van der Waals surface area contributed by atoms with Gasteiger partial charge in [0.25, 0.3) is 0 Å². The molecule has 1 aromatic rings. The van der Waals surface area contributed by atoms with Crippen LogP contribution in [0.2, 0.25) is 0 Å². The smallest absolute Gasteiger partial charge is 0.141 e. The van der Waals surface area contributed by atoms with Crippen molar-refractivity contribution < 1.29 is 4.39 Å². The third kappa shape index (κ3) is 1.83. The van der Waals surface area contributed by atoms with Gasteiger partial charge < -0.3 is 11.5 Å². The van der Waals surface area contributed by atoms with Crippen LogP contribution < -0.4 is 11.5 Å². The molecule has 13 heavy (non-hydrogen) atoms. The van der Waals surface area contributed by atoms with E-state index in [4.69, 9.17) is 16.7 Å². The van der Waals surface area contributed by atoms with Crippen molar-refractivity contribution in [3.05, 3.63) is 35.1 Å². The van der Waals surface area contributed by atoms with E-state index in [1.165, 1.54) is 12.1 Å². The first-order chi connectivity index (χ1) is 6.20. The summed E-state index contributed by atoms with van der Waals surface area (Å²) in [7, 11) is 0. The van der Waals surface area contributed by atoms with Crippen LogP contribution in [0.3, 0.4) is 0 Å². The van der Waals surface area contributed by atoms with Crippen LogP contribution in [0.15, 0.2) is 18.2 Å². The second kappa shape index (κ2) is 3.99. The Labute approximate surface area is 75.8 Å². The normalized spacial score (nSPS) is 12.2. The molecule has 1 aromatic carbocycles. The van der Waals surface area contributed by atoms with E-state index in [0.29, 0.717) is 5.56 Å². The predicted octanol–water partition coefficient (Wildman–Crippen LogP) is 0.656. The van der Waals surface area contributed by atoms with E-state index in [1.807, 2.05) is 0 Å². The van der Waals surface area contributed by atoms with Crippen molar-refractivity contribution in [3.63, 3.8) is 0 Å². The fourth-order valence-electron chi connectivity index (χ4n) is 1.09. The molecule has 0 aromatic heterocycles. The third-order valence-corrected chi connectivity index (χ3v) is 1.81. The number of nitriles is 1. The molecule has 3 nitrogen and oxygen atoms in total. The highest BCUT2D eigenvalue weighted by atomic mass is 19.1. The lowest BCUT2D eigenvalue weighted by atomic mass is 10.0. The molecule has 0 bridgehead atoms. The van der Waals surface area contributed by atoms with Gasteiger partial charge in [-0.25, -0.2) is 4.39 Å². The first-order valence-corrected chi connectivity index (χ1v) is 3.85. The van der Waals surface area contributed by atoms with Gasteiger partial charge in [0.15, 0.2) is 0 Å². The number of halogens is 1. The topological polar surface area (TPSA) is 75.8 Å². The number of rotatable bonds is 2. The highest BCUT2D eigenvalue weighted by molar-refractivity contribution is 5.40. The van der Waals surface area contributed by atoms with Crippen LogP contribution in [-0.4, -0.2) is 6.54 Å². The molecule has 4 heteroatoms. The van der Waals surface area contributed by atoms with E-state index in [1.54, 1.807) is 12.1 Å². The number of nitrogens with two attached hydrogens (primary N) is 2. The maximum absolute atomic E-state index is 13.0. The Bertz CT molecular complexity index is 343. The Hall–Kier alpha value is -1.44. The zero-order valence-electron chi connectivity index (χ0n) is 7.00. The van der Waals surface area contributed by atoms with Crippen LogP contribution in [0, 0.1) is 17.1 Å². The minimum Gasteiger partial charge on any atom is -0.329 e. The number of hydrogen-bond acceptors (Lipinski definition) is 3. The standard InChI is InChI=1S/C9H10FN3/c10-8-3-1-2-6(7(8)4-11)9(13)5-12/h1-3,9H,5,12-13H2/t9-/m1/s1. The van der Waals surface area contributed by atoms with Gasteiger partial charge >= 0.3 is 0 Å². The molecule has 0 heterocycles. The van der Waals surface area contributed by atoms with Crippen molar-refractivity contribution in [2.75, 3.05) is 6.54 Å².